The molecule has 0 unspecified atom stereocenters. The molecule has 0 aliphatic carbocycles. The van der Waals surface area contributed by atoms with Crippen LogP contribution < -0.4 is 0 Å². The van der Waals surface area contributed by atoms with Crippen molar-refractivity contribution in [2.24, 2.45) is 7.05 Å². The Hall–Kier alpha value is -0.970. The highest BCUT2D eigenvalue weighted by Crippen LogP contribution is 2.25. The van der Waals surface area contributed by atoms with E-state index >= 15 is 0 Å². The van der Waals surface area contributed by atoms with Gasteiger partial charge in [-0.1, -0.05) is 13.8 Å². The van der Waals surface area contributed by atoms with Gasteiger partial charge < -0.3 is 5.11 Å². The quantitative estimate of drug-likeness (QED) is 0.753. The molecule has 0 atom stereocenters. The number of hydrogen-bond donors (Lipinski definition) is 1. The van der Waals surface area contributed by atoms with Crippen LogP contribution in [0.5, 0.6) is 0 Å². The fourth-order valence-electron chi connectivity index (χ4n) is 0.936. The molecule has 0 aliphatic heterocycles. The van der Waals surface area contributed by atoms with Crippen molar-refractivity contribution in [2.75, 3.05) is 0 Å². The molecular weight excluding hydrogens is 188 g/mol. The third-order valence-electron chi connectivity index (χ3n) is 1.46. The van der Waals surface area contributed by atoms with Gasteiger partial charge in [0.25, 0.3) is 0 Å². The van der Waals surface area contributed by atoms with E-state index in [4.69, 9.17) is 5.11 Å². The Morgan fingerprint density at radius 3 is 2.77 bits per heavy atom. The van der Waals surface area contributed by atoms with Gasteiger partial charge in [0.05, 0.1) is 6.20 Å². The average Bonchev–Trinajstić information content (AvgIpc) is 2.32. The Labute approximate surface area is 80.9 Å². The van der Waals surface area contributed by atoms with E-state index in [0.717, 1.165) is 0 Å². The molecule has 1 aromatic rings. The van der Waals surface area contributed by atoms with E-state index in [-0.39, 0.29) is 5.56 Å². The van der Waals surface area contributed by atoms with Gasteiger partial charge in [-0.15, -0.1) is 11.8 Å². The molecule has 72 valence electrons. The van der Waals surface area contributed by atoms with Crippen LogP contribution >= 0.6 is 11.8 Å². The van der Waals surface area contributed by atoms with Crippen molar-refractivity contribution < 1.29 is 9.90 Å². The number of thioether (sulfide) groups is 1. The second-order valence-corrected chi connectivity index (χ2v) is 4.52. The second kappa shape index (κ2) is 3.83. The lowest BCUT2D eigenvalue weighted by molar-refractivity contribution is 0.0692. The molecule has 0 aromatic carbocycles. The smallest absolute Gasteiger partial charge is 0.340 e. The molecule has 13 heavy (non-hydrogen) atoms. The third-order valence-corrected chi connectivity index (χ3v) is 2.64. The normalized spacial score (nSPS) is 10.8. The first kappa shape index (κ1) is 10.1. The minimum absolute atomic E-state index is 0.279. The lowest BCUT2D eigenvalue weighted by atomic mass is 10.4. The fourth-order valence-corrected chi connectivity index (χ4v) is 1.85. The number of hydrogen-bond acceptors (Lipinski definition) is 3. The highest BCUT2D eigenvalue weighted by molar-refractivity contribution is 7.99. The van der Waals surface area contributed by atoms with Crippen molar-refractivity contribution in [2.45, 2.75) is 24.1 Å². The van der Waals surface area contributed by atoms with Gasteiger partial charge in [-0.3, -0.25) is 4.68 Å². The monoisotopic (exact) mass is 200 g/mol. The van der Waals surface area contributed by atoms with E-state index in [9.17, 15) is 4.79 Å². The first-order valence-electron chi connectivity index (χ1n) is 3.94. The van der Waals surface area contributed by atoms with E-state index < -0.39 is 5.97 Å². The summed E-state index contributed by atoms with van der Waals surface area (Å²) < 4.78 is 1.59. The highest BCUT2D eigenvalue weighted by atomic mass is 32.2. The van der Waals surface area contributed by atoms with E-state index in [1.54, 1.807) is 11.7 Å². The number of aryl methyl sites for hydroxylation is 1. The summed E-state index contributed by atoms with van der Waals surface area (Å²) in [6, 6.07) is 0. The van der Waals surface area contributed by atoms with Crippen molar-refractivity contribution in [1.82, 2.24) is 9.78 Å². The van der Waals surface area contributed by atoms with E-state index in [2.05, 4.69) is 5.10 Å². The Morgan fingerprint density at radius 1 is 1.69 bits per heavy atom. The highest BCUT2D eigenvalue weighted by Gasteiger charge is 2.16. The zero-order chi connectivity index (χ0) is 10.0. The lowest BCUT2D eigenvalue weighted by Gasteiger charge is -2.05. The molecule has 0 fully saturated rings. The van der Waals surface area contributed by atoms with Crippen LogP contribution in [0.2, 0.25) is 0 Å². The van der Waals surface area contributed by atoms with Gasteiger partial charge in [0, 0.05) is 12.3 Å². The molecule has 0 spiro atoms. The maximum Gasteiger partial charge on any atom is 0.340 e. The standard InChI is InChI=1S/C8H12N2O2S/c1-5(2)13-7-6(8(11)12)4-9-10(7)3/h4-5H,1-3H3,(H,11,12). The van der Waals surface area contributed by atoms with Gasteiger partial charge in [0.2, 0.25) is 0 Å². The number of aromatic carboxylic acids is 1. The number of rotatable bonds is 3. The number of carboxylic acids is 1. The van der Waals surface area contributed by atoms with Crippen LogP contribution in [0.25, 0.3) is 0 Å². The summed E-state index contributed by atoms with van der Waals surface area (Å²) in [5.41, 5.74) is 0.279. The molecule has 1 N–H and O–H groups in total. The van der Waals surface area contributed by atoms with Crippen LogP contribution in [0.3, 0.4) is 0 Å². The van der Waals surface area contributed by atoms with Crippen LogP contribution in [0, 0.1) is 0 Å². The molecule has 1 rings (SSSR count). The summed E-state index contributed by atoms with van der Waals surface area (Å²) in [5.74, 6) is -0.920. The predicted molar refractivity (Wildman–Crippen MR) is 51.2 cm³/mol. The molecule has 0 saturated heterocycles. The molecule has 0 bridgehead atoms. The van der Waals surface area contributed by atoms with Crippen LogP contribution in [-0.4, -0.2) is 26.1 Å². The molecule has 0 saturated carbocycles. The third kappa shape index (κ3) is 2.24. The molecule has 0 aliphatic rings. The summed E-state index contributed by atoms with van der Waals surface area (Å²) in [4.78, 5) is 10.7. The van der Waals surface area contributed by atoms with Gasteiger partial charge in [0.1, 0.15) is 10.6 Å². The SMILES string of the molecule is CC(C)Sc1c(C(=O)O)cnn1C. The molecule has 5 heteroatoms. The van der Waals surface area contributed by atoms with Gasteiger partial charge in [0.15, 0.2) is 0 Å². The molecule has 0 amide bonds. The maximum absolute atomic E-state index is 10.7. The van der Waals surface area contributed by atoms with Crippen LogP contribution in [0.1, 0.15) is 24.2 Å². The molecule has 1 aromatic heterocycles. The van der Waals surface area contributed by atoms with E-state index in [1.807, 2.05) is 13.8 Å². The second-order valence-electron chi connectivity index (χ2n) is 2.96. The van der Waals surface area contributed by atoms with Gasteiger partial charge >= 0.3 is 5.97 Å². The molecule has 4 nitrogen and oxygen atoms in total. The largest absolute Gasteiger partial charge is 0.478 e. The zero-order valence-corrected chi connectivity index (χ0v) is 8.63. The summed E-state index contributed by atoms with van der Waals surface area (Å²) in [5, 5.41) is 13.8. The van der Waals surface area contributed by atoms with Crippen molar-refractivity contribution in [3.05, 3.63) is 11.8 Å². The van der Waals surface area contributed by atoms with Crippen LogP contribution in [0.15, 0.2) is 11.2 Å². The van der Waals surface area contributed by atoms with Gasteiger partial charge in [-0.2, -0.15) is 5.10 Å². The summed E-state index contributed by atoms with van der Waals surface area (Å²) in [6.07, 6.45) is 1.38. The van der Waals surface area contributed by atoms with Crippen LogP contribution in [-0.2, 0) is 7.05 Å². The maximum atomic E-state index is 10.7. The number of carboxylic acid groups (broad SMARTS) is 1. The first-order valence-corrected chi connectivity index (χ1v) is 4.82. The van der Waals surface area contributed by atoms with Crippen molar-refractivity contribution >= 4 is 17.7 Å². The Bertz CT molecular complexity index is 320. The Balaban J connectivity index is 3.01. The number of nitrogens with zero attached hydrogens (tertiary/aromatic N) is 2. The van der Waals surface area contributed by atoms with Crippen molar-refractivity contribution in [3.8, 4) is 0 Å². The zero-order valence-electron chi connectivity index (χ0n) is 7.81. The molecule has 0 radical (unpaired) electrons. The van der Waals surface area contributed by atoms with Gasteiger partial charge in [-0.25, -0.2) is 4.79 Å². The molecule has 1 heterocycles. The summed E-state index contributed by atoms with van der Waals surface area (Å²) in [7, 11) is 1.75. The Morgan fingerprint density at radius 2 is 2.31 bits per heavy atom. The summed E-state index contributed by atoms with van der Waals surface area (Å²) in [6.45, 7) is 4.03. The Kier molecular flexibility index (Phi) is 2.98. The fraction of sp³-hybridized carbons (Fsp3) is 0.500. The van der Waals surface area contributed by atoms with Crippen molar-refractivity contribution in [3.63, 3.8) is 0 Å². The van der Waals surface area contributed by atoms with E-state index in [0.29, 0.717) is 10.3 Å². The minimum atomic E-state index is -0.920. The van der Waals surface area contributed by atoms with Gasteiger partial charge in [-0.05, 0) is 0 Å². The summed E-state index contributed by atoms with van der Waals surface area (Å²) >= 11 is 1.51. The lowest BCUT2D eigenvalue weighted by Crippen LogP contribution is -2.01. The first-order chi connectivity index (χ1) is 6.02. The minimum Gasteiger partial charge on any atom is -0.478 e. The topological polar surface area (TPSA) is 55.1 Å². The van der Waals surface area contributed by atoms with Crippen molar-refractivity contribution in [1.29, 1.82) is 0 Å². The van der Waals surface area contributed by atoms with Crippen LogP contribution in [0.4, 0.5) is 0 Å². The van der Waals surface area contributed by atoms with E-state index in [1.165, 1.54) is 18.0 Å². The molecular formula is C8H12N2O2S. The average molecular weight is 200 g/mol. The predicted octanol–water partition coefficient (Wildman–Crippen LogP) is 1.62. The number of carbonyl (C=O) groups is 1. The number of aromatic nitrogens is 2.